The Bertz CT molecular complexity index is 570. The molecule has 1 N–H and O–H groups in total. The van der Waals surface area contributed by atoms with E-state index < -0.39 is 5.97 Å². The maximum absolute atomic E-state index is 11.2. The van der Waals surface area contributed by atoms with E-state index in [0.29, 0.717) is 6.54 Å². The molecule has 0 saturated heterocycles. The van der Waals surface area contributed by atoms with Crippen molar-refractivity contribution in [3.05, 3.63) is 52.8 Å². The van der Waals surface area contributed by atoms with Crippen LogP contribution in [0.5, 0.6) is 0 Å². The smallest absolute Gasteiger partial charge is 0.354 e. The Kier molecular flexibility index (Phi) is 4.00. The molecule has 0 aliphatic carbocycles. The number of hydrogen-bond acceptors (Lipinski definition) is 2. The second kappa shape index (κ2) is 5.69. The van der Waals surface area contributed by atoms with Gasteiger partial charge in [-0.15, -0.1) is 0 Å². The van der Waals surface area contributed by atoms with Gasteiger partial charge in [-0.2, -0.15) is 5.10 Å². The molecule has 0 radical (unpaired) electrons. The topological polar surface area (TPSA) is 55.1 Å². The molecule has 0 spiro atoms. The number of rotatable bonds is 5. The largest absolute Gasteiger partial charge is 0.477 e. The van der Waals surface area contributed by atoms with Gasteiger partial charge in [0, 0.05) is 0 Å². The van der Waals surface area contributed by atoms with Gasteiger partial charge in [0.05, 0.1) is 12.2 Å². The van der Waals surface area contributed by atoms with Crippen LogP contribution in [0.3, 0.4) is 0 Å². The van der Waals surface area contributed by atoms with Gasteiger partial charge in [0.1, 0.15) is 5.69 Å². The van der Waals surface area contributed by atoms with Gasteiger partial charge in [-0.05, 0) is 30.0 Å². The molecule has 1 aromatic heterocycles. The summed E-state index contributed by atoms with van der Waals surface area (Å²) < 4.78 is 1.56. The van der Waals surface area contributed by atoms with Crippen molar-refractivity contribution < 1.29 is 9.90 Å². The lowest BCUT2D eigenvalue weighted by molar-refractivity contribution is 0.0684. The lowest BCUT2D eigenvalue weighted by Crippen LogP contribution is -2.11. The Morgan fingerprint density at radius 1 is 1.16 bits per heavy atom. The third kappa shape index (κ3) is 3.02. The summed E-state index contributed by atoms with van der Waals surface area (Å²) in [5.41, 5.74) is 3.39. The van der Waals surface area contributed by atoms with Gasteiger partial charge in [-0.25, -0.2) is 4.79 Å². The first kappa shape index (κ1) is 13.3. The summed E-state index contributed by atoms with van der Waals surface area (Å²) in [5, 5.41) is 13.5. The number of benzene rings is 1. The fourth-order valence-electron chi connectivity index (χ4n) is 1.99. The molecule has 0 amide bonds. The Labute approximate surface area is 112 Å². The molecule has 0 aliphatic rings. The summed E-state index contributed by atoms with van der Waals surface area (Å²) in [7, 11) is 0. The van der Waals surface area contributed by atoms with E-state index in [2.05, 4.69) is 24.2 Å². The highest BCUT2D eigenvalue weighted by Crippen LogP contribution is 2.11. The molecule has 0 saturated carbocycles. The maximum atomic E-state index is 11.2. The van der Waals surface area contributed by atoms with E-state index in [4.69, 9.17) is 0 Å². The molecular formula is C15H18N2O2. The highest BCUT2D eigenvalue weighted by atomic mass is 16.4. The number of aromatic carboxylic acids is 1. The third-order valence-corrected chi connectivity index (χ3v) is 3.18. The standard InChI is InChI=1S/C15H18N2O2/c1-3-11-5-7-12(8-6-11)10-17-14(15(18)19)9-13(4-2)16-17/h5-9H,3-4,10H2,1-2H3,(H,18,19). The van der Waals surface area contributed by atoms with Crippen molar-refractivity contribution >= 4 is 5.97 Å². The zero-order chi connectivity index (χ0) is 13.8. The summed E-state index contributed by atoms with van der Waals surface area (Å²) in [6.45, 7) is 4.57. The molecule has 1 heterocycles. The zero-order valence-electron chi connectivity index (χ0n) is 11.3. The van der Waals surface area contributed by atoms with Crippen LogP contribution in [0.15, 0.2) is 30.3 Å². The van der Waals surface area contributed by atoms with Crippen LogP contribution in [0.4, 0.5) is 0 Å². The van der Waals surface area contributed by atoms with Gasteiger partial charge in [-0.1, -0.05) is 38.1 Å². The van der Waals surface area contributed by atoms with Crippen LogP contribution in [0.1, 0.15) is 41.2 Å². The molecule has 4 nitrogen and oxygen atoms in total. The quantitative estimate of drug-likeness (QED) is 0.897. The maximum Gasteiger partial charge on any atom is 0.354 e. The van der Waals surface area contributed by atoms with E-state index in [-0.39, 0.29) is 5.69 Å². The highest BCUT2D eigenvalue weighted by molar-refractivity contribution is 5.85. The number of nitrogens with zero attached hydrogens (tertiary/aromatic N) is 2. The summed E-state index contributed by atoms with van der Waals surface area (Å²) in [4.78, 5) is 11.2. The Morgan fingerprint density at radius 2 is 1.79 bits per heavy atom. The van der Waals surface area contributed by atoms with Crippen LogP contribution in [-0.4, -0.2) is 20.9 Å². The van der Waals surface area contributed by atoms with Gasteiger partial charge in [0.2, 0.25) is 0 Å². The molecule has 0 atom stereocenters. The average molecular weight is 258 g/mol. The second-order valence-corrected chi connectivity index (χ2v) is 4.51. The molecule has 2 rings (SSSR count). The summed E-state index contributed by atoms with van der Waals surface area (Å²) in [5.74, 6) is -0.933. The van der Waals surface area contributed by atoms with Gasteiger partial charge in [0.25, 0.3) is 0 Å². The monoisotopic (exact) mass is 258 g/mol. The van der Waals surface area contributed by atoms with Crippen LogP contribution < -0.4 is 0 Å². The van der Waals surface area contributed by atoms with Crippen LogP contribution in [0.25, 0.3) is 0 Å². The zero-order valence-corrected chi connectivity index (χ0v) is 11.3. The van der Waals surface area contributed by atoms with E-state index in [1.807, 2.05) is 19.1 Å². The van der Waals surface area contributed by atoms with E-state index >= 15 is 0 Å². The molecule has 0 bridgehead atoms. The molecule has 4 heteroatoms. The lowest BCUT2D eigenvalue weighted by Gasteiger charge is -2.05. The summed E-state index contributed by atoms with van der Waals surface area (Å²) >= 11 is 0. The van der Waals surface area contributed by atoms with Crippen LogP contribution >= 0.6 is 0 Å². The van der Waals surface area contributed by atoms with Gasteiger partial charge < -0.3 is 5.11 Å². The minimum absolute atomic E-state index is 0.247. The third-order valence-electron chi connectivity index (χ3n) is 3.18. The van der Waals surface area contributed by atoms with Gasteiger partial charge >= 0.3 is 5.97 Å². The number of carboxylic acid groups (broad SMARTS) is 1. The molecule has 2 aromatic rings. The van der Waals surface area contributed by atoms with E-state index in [1.54, 1.807) is 10.7 Å². The minimum Gasteiger partial charge on any atom is -0.477 e. The fraction of sp³-hybridized carbons (Fsp3) is 0.333. The number of aromatic nitrogens is 2. The normalized spacial score (nSPS) is 10.6. The summed E-state index contributed by atoms with van der Waals surface area (Å²) in [6.07, 6.45) is 1.74. The number of carbonyl (C=O) groups is 1. The Balaban J connectivity index is 2.26. The summed E-state index contributed by atoms with van der Waals surface area (Å²) in [6, 6.07) is 9.83. The van der Waals surface area contributed by atoms with Crippen LogP contribution in [-0.2, 0) is 19.4 Å². The van der Waals surface area contributed by atoms with Crippen molar-refractivity contribution in [1.29, 1.82) is 0 Å². The number of aryl methyl sites for hydroxylation is 2. The molecule has 100 valence electrons. The van der Waals surface area contributed by atoms with Crippen molar-refractivity contribution in [3.8, 4) is 0 Å². The van der Waals surface area contributed by atoms with Crippen molar-refractivity contribution in [2.45, 2.75) is 33.2 Å². The average Bonchev–Trinajstić information content (AvgIpc) is 2.83. The van der Waals surface area contributed by atoms with Crippen molar-refractivity contribution in [3.63, 3.8) is 0 Å². The van der Waals surface area contributed by atoms with Crippen molar-refractivity contribution in [1.82, 2.24) is 9.78 Å². The predicted octanol–water partition coefficient (Wildman–Crippen LogP) is 2.75. The minimum atomic E-state index is -0.933. The van der Waals surface area contributed by atoms with E-state index in [0.717, 1.165) is 24.1 Å². The van der Waals surface area contributed by atoms with E-state index in [9.17, 15) is 9.90 Å². The predicted molar refractivity (Wildman–Crippen MR) is 73.5 cm³/mol. The number of carboxylic acids is 1. The fourth-order valence-corrected chi connectivity index (χ4v) is 1.99. The molecule has 0 aliphatic heterocycles. The molecule has 1 aromatic carbocycles. The molecule has 0 unspecified atom stereocenters. The molecule has 0 fully saturated rings. The first-order valence-electron chi connectivity index (χ1n) is 6.51. The Hall–Kier alpha value is -2.10. The first-order valence-corrected chi connectivity index (χ1v) is 6.51. The molecular weight excluding hydrogens is 240 g/mol. The SMILES string of the molecule is CCc1ccc(Cn2nc(CC)cc2C(=O)O)cc1. The molecule has 19 heavy (non-hydrogen) atoms. The van der Waals surface area contributed by atoms with Crippen molar-refractivity contribution in [2.24, 2.45) is 0 Å². The van der Waals surface area contributed by atoms with Gasteiger partial charge in [-0.3, -0.25) is 4.68 Å². The van der Waals surface area contributed by atoms with Gasteiger partial charge in [0.15, 0.2) is 0 Å². The van der Waals surface area contributed by atoms with Crippen molar-refractivity contribution in [2.75, 3.05) is 0 Å². The van der Waals surface area contributed by atoms with E-state index in [1.165, 1.54) is 5.56 Å². The Morgan fingerprint density at radius 3 is 2.32 bits per heavy atom. The lowest BCUT2D eigenvalue weighted by atomic mass is 10.1. The first-order chi connectivity index (χ1) is 9.13. The number of hydrogen-bond donors (Lipinski definition) is 1. The van der Waals surface area contributed by atoms with Crippen LogP contribution in [0.2, 0.25) is 0 Å². The van der Waals surface area contributed by atoms with Crippen LogP contribution in [0, 0.1) is 0 Å². The highest BCUT2D eigenvalue weighted by Gasteiger charge is 2.13. The second-order valence-electron chi connectivity index (χ2n) is 4.51.